The molecule has 12 rings (SSSR count). The molecule has 0 aromatic heterocycles. The molecule has 0 saturated heterocycles. The third-order valence-corrected chi connectivity index (χ3v) is 15.5. The molecule has 4 aliphatic rings. The average Bonchev–Trinajstić information content (AvgIpc) is 3.87. The lowest BCUT2D eigenvalue weighted by Gasteiger charge is -2.33. The minimum atomic E-state index is -0.449. The maximum atomic E-state index is 2.55. The van der Waals surface area contributed by atoms with Gasteiger partial charge in [0.05, 0.1) is 5.41 Å². The summed E-state index contributed by atoms with van der Waals surface area (Å²) in [4.78, 5) is 2.53. The fraction of sp³-hybridized carbons (Fsp3) is 0.226. The van der Waals surface area contributed by atoms with Crippen LogP contribution in [-0.2, 0) is 16.2 Å². The fourth-order valence-corrected chi connectivity index (χ4v) is 12.3. The van der Waals surface area contributed by atoms with Crippen molar-refractivity contribution in [2.75, 3.05) is 4.90 Å². The van der Waals surface area contributed by atoms with Crippen LogP contribution in [0.5, 0.6) is 0 Å². The molecule has 0 N–H and O–H groups in total. The zero-order valence-corrected chi connectivity index (χ0v) is 37.3. The monoisotopic (exact) mass is 813 g/mol. The second kappa shape index (κ2) is 14.0. The molecule has 0 heterocycles. The van der Waals surface area contributed by atoms with Gasteiger partial charge in [-0.25, -0.2) is 0 Å². The number of nitrogens with zero attached hydrogens (tertiary/aromatic N) is 1. The zero-order chi connectivity index (χ0) is 42.7. The third kappa shape index (κ3) is 5.61. The highest BCUT2D eigenvalue weighted by molar-refractivity contribution is 5.97. The van der Waals surface area contributed by atoms with Gasteiger partial charge in [-0.05, 0) is 150 Å². The molecule has 0 radical (unpaired) electrons. The molecule has 63 heavy (non-hydrogen) atoms. The molecule has 1 saturated carbocycles. The fourth-order valence-electron chi connectivity index (χ4n) is 12.3. The van der Waals surface area contributed by atoms with Crippen LogP contribution in [0.1, 0.15) is 117 Å². The molecule has 1 nitrogen and oxygen atoms in total. The van der Waals surface area contributed by atoms with E-state index in [0.717, 1.165) is 5.69 Å². The SMILES string of the molecule is CC(C)(C)c1ccc2c(c1)C1(c3ccccc3-c3ccc(N(c4ccc(-c5ccccc5C5CCCCC5)cc4)c4ccc5c(c4)C(C)(C)c4ccccc4-5)cc31)c1ccccc1-2. The Balaban J connectivity index is 1.07. The summed E-state index contributed by atoms with van der Waals surface area (Å²) in [5, 5.41) is 0. The summed E-state index contributed by atoms with van der Waals surface area (Å²) in [6.07, 6.45) is 6.60. The predicted molar refractivity (Wildman–Crippen MR) is 265 cm³/mol. The largest absolute Gasteiger partial charge is 0.310 e. The van der Waals surface area contributed by atoms with Crippen LogP contribution in [0.3, 0.4) is 0 Å². The highest BCUT2D eigenvalue weighted by Gasteiger charge is 2.52. The van der Waals surface area contributed by atoms with E-state index in [1.165, 1.54) is 132 Å². The van der Waals surface area contributed by atoms with Gasteiger partial charge >= 0.3 is 0 Å². The van der Waals surface area contributed by atoms with Crippen LogP contribution in [0, 0.1) is 0 Å². The maximum Gasteiger partial charge on any atom is 0.0726 e. The van der Waals surface area contributed by atoms with Crippen LogP contribution in [0.2, 0.25) is 0 Å². The molecule has 0 amide bonds. The van der Waals surface area contributed by atoms with Gasteiger partial charge < -0.3 is 4.90 Å². The highest BCUT2D eigenvalue weighted by Crippen LogP contribution is 2.64. The molecule has 1 heteroatoms. The smallest absolute Gasteiger partial charge is 0.0726 e. The first kappa shape index (κ1) is 38.3. The van der Waals surface area contributed by atoms with Crippen molar-refractivity contribution < 1.29 is 0 Å². The van der Waals surface area contributed by atoms with Gasteiger partial charge in [-0.15, -0.1) is 0 Å². The molecular weight excluding hydrogens is 759 g/mol. The van der Waals surface area contributed by atoms with E-state index in [9.17, 15) is 0 Å². The third-order valence-electron chi connectivity index (χ3n) is 15.5. The summed E-state index contributed by atoms with van der Waals surface area (Å²) >= 11 is 0. The van der Waals surface area contributed by atoms with E-state index in [0.29, 0.717) is 5.92 Å². The summed E-state index contributed by atoms with van der Waals surface area (Å²) in [5.74, 6) is 0.637. The van der Waals surface area contributed by atoms with Crippen LogP contribution >= 0.6 is 0 Å². The van der Waals surface area contributed by atoms with Gasteiger partial charge in [-0.1, -0.05) is 193 Å². The molecular formula is C62H55N. The summed E-state index contributed by atoms with van der Waals surface area (Å²) in [6, 6.07) is 67.9. The standard InChI is InChI=1S/C62H55N/c1-60(2,3)42-29-34-52-49-22-12-15-25-55(49)62(58(52)37-42)56-26-16-13-23-50(56)53-36-33-45(39-59(53)62)63(44-32-35-51-48-21-11-14-24-54(48)61(4,5)57(51)38-44)43-30-27-41(28-31-43)47-20-10-9-19-46(47)40-17-7-6-8-18-40/h9-16,19-40H,6-8,17-18H2,1-5H3. The van der Waals surface area contributed by atoms with Gasteiger partial charge in [0.1, 0.15) is 0 Å². The van der Waals surface area contributed by atoms with Gasteiger partial charge in [-0.2, -0.15) is 0 Å². The second-order valence-corrected chi connectivity index (χ2v) is 20.3. The topological polar surface area (TPSA) is 3.24 Å². The summed E-state index contributed by atoms with van der Waals surface area (Å²) in [5.41, 5.74) is 24.8. The lowest BCUT2D eigenvalue weighted by molar-refractivity contribution is 0.444. The minimum absolute atomic E-state index is 0.00861. The van der Waals surface area contributed by atoms with E-state index in [1.807, 2.05) is 0 Å². The molecule has 8 aromatic carbocycles. The Bertz CT molecular complexity index is 3100. The zero-order valence-electron chi connectivity index (χ0n) is 37.3. The Morgan fingerprint density at radius 3 is 1.49 bits per heavy atom. The Morgan fingerprint density at radius 2 is 0.873 bits per heavy atom. The lowest BCUT2D eigenvalue weighted by atomic mass is 9.69. The van der Waals surface area contributed by atoms with E-state index >= 15 is 0 Å². The number of hydrogen-bond acceptors (Lipinski definition) is 1. The normalized spacial score (nSPS) is 17.7. The molecule has 1 fully saturated rings. The van der Waals surface area contributed by atoms with E-state index in [-0.39, 0.29) is 10.8 Å². The van der Waals surface area contributed by atoms with Crippen molar-refractivity contribution in [1.82, 2.24) is 0 Å². The number of rotatable bonds is 5. The molecule has 1 spiro atoms. The average molecular weight is 814 g/mol. The Kier molecular flexibility index (Phi) is 8.52. The summed E-state index contributed by atoms with van der Waals surface area (Å²) in [6.45, 7) is 11.8. The van der Waals surface area contributed by atoms with Crippen molar-refractivity contribution >= 4 is 17.1 Å². The van der Waals surface area contributed by atoms with Crippen LogP contribution in [0.15, 0.2) is 176 Å². The van der Waals surface area contributed by atoms with Gasteiger partial charge in [0.15, 0.2) is 0 Å². The first-order valence-electron chi connectivity index (χ1n) is 23.4. The molecule has 0 aliphatic heterocycles. The van der Waals surface area contributed by atoms with Crippen molar-refractivity contribution in [3.8, 4) is 44.5 Å². The highest BCUT2D eigenvalue weighted by atomic mass is 15.1. The first-order chi connectivity index (χ1) is 30.6. The number of hydrogen-bond donors (Lipinski definition) is 0. The minimum Gasteiger partial charge on any atom is -0.310 e. The van der Waals surface area contributed by atoms with E-state index in [2.05, 4.69) is 215 Å². The van der Waals surface area contributed by atoms with Gasteiger partial charge in [-0.3, -0.25) is 0 Å². The van der Waals surface area contributed by atoms with Crippen molar-refractivity contribution in [3.05, 3.63) is 220 Å². The van der Waals surface area contributed by atoms with Crippen LogP contribution in [0.25, 0.3) is 44.5 Å². The number of fused-ring (bicyclic) bond motifs is 13. The Labute approximate surface area is 374 Å². The lowest BCUT2D eigenvalue weighted by Crippen LogP contribution is -2.27. The van der Waals surface area contributed by atoms with E-state index in [4.69, 9.17) is 0 Å². The quantitative estimate of drug-likeness (QED) is 0.167. The summed E-state index contributed by atoms with van der Waals surface area (Å²) in [7, 11) is 0. The van der Waals surface area contributed by atoms with E-state index in [1.54, 1.807) is 0 Å². The summed E-state index contributed by atoms with van der Waals surface area (Å²) < 4.78 is 0. The van der Waals surface area contributed by atoms with Crippen molar-refractivity contribution in [1.29, 1.82) is 0 Å². The number of benzene rings is 8. The van der Waals surface area contributed by atoms with Gasteiger partial charge in [0.2, 0.25) is 0 Å². The van der Waals surface area contributed by atoms with Crippen molar-refractivity contribution in [3.63, 3.8) is 0 Å². The molecule has 308 valence electrons. The first-order valence-corrected chi connectivity index (χ1v) is 23.4. The molecule has 1 atom stereocenters. The molecule has 0 bridgehead atoms. The maximum absolute atomic E-state index is 2.55. The van der Waals surface area contributed by atoms with Gasteiger partial charge in [0, 0.05) is 22.5 Å². The van der Waals surface area contributed by atoms with Crippen LogP contribution < -0.4 is 4.90 Å². The Morgan fingerprint density at radius 1 is 0.413 bits per heavy atom. The molecule has 1 unspecified atom stereocenters. The Hall–Kier alpha value is -6.44. The predicted octanol–water partition coefficient (Wildman–Crippen LogP) is 16.8. The van der Waals surface area contributed by atoms with Gasteiger partial charge in [0.25, 0.3) is 0 Å². The van der Waals surface area contributed by atoms with Crippen LogP contribution in [-0.4, -0.2) is 0 Å². The molecule has 4 aliphatic carbocycles. The van der Waals surface area contributed by atoms with Crippen molar-refractivity contribution in [2.45, 2.75) is 88.9 Å². The molecule has 8 aromatic rings. The van der Waals surface area contributed by atoms with Crippen LogP contribution in [0.4, 0.5) is 17.1 Å². The van der Waals surface area contributed by atoms with E-state index < -0.39 is 5.41 Å². The van der Waals surface area contributed by atoms with Crippen molar-refractivity contribution in [2.24, 2.45) is 0 Å². The number of anilines is 3. The second-order valence-electron chi connectivity index (χ2n) is 20.3.